The second-order valence-electron chi connectivity index (χ2n) is 10.5. The van der Waals surface area contributed by atoms with Crippen LogP contribution < -0.4 is 18.9 Å². The van der Waals surface area contributed by atoms with Crippen LogP contribution in [0.2, 0.25) is 0 Å². The zero-order valence-electron chi connectivity index (χ0n) is 25.0. The van der Waals surface area contributed by atoms with Crippen molar-refractivity contribution in [1.29, 1.82) is 0 Å². The van der Waals surface area contributed by atoms with E-state index in [-0.39, 0.29) is 18.3 Å². The minimum absolute atomic E-state index is 0.0249. The van der Waals surface area contributed by atoms with Gasteiger partial charge in [0, 0.05) is 12.3 Å². The van der Waals surface area contributed by atoms with Crippen molar-refractivity contribution in [2.45, 2.75) is 38.4 Å². The van der Waals surface area contributed by atoms with Crippen LogP contribution in [0.1, 0.15) is 41.0 Å². The number of carboxylic acids is 1. The minimum atomic E-state index is -0.837. The summed E-state index contributed by atoms with van der Waals surface area (Å²) in [7, 11) is 4.82. The van der Waals surface area contributed by atoms with E-state index in [2.05, 4.69) is 0 Å². The lowest BCUT2D eigenvalue weighted by Crippen LogP contribution is -2.18. The number of hydrogen-bond donors (Lipinski definition) is 1. The molecule has 226 valence electrons. The maximum absolute atomic E-state index is 12.0. The summed E-state index contributed by atoms with van der Waals surface area (Å²) < 4.78 is 28.9. The number of rotatable bonds is 17. The Labute approximate surface area is 254 Å². The number of hydrogen-bond acceptors (Lipinski definition) is 6. The smallest absolute Gasteiger partial charge is 0.303 e. The molecule has 4 aromatic rings. The van der Waals surface area contributed by atoms with Gasteiger partial charge >= 0.3 is 5.97 Å². The Hall–Kier alpha value is -4.49. The fraction of sp³-hybridized carbons (Fsp3) is 0.306. The molecule has 0 bridgehead atoms. The molecular weight excluding hydrogens is 544 g/mol. The van der Waals surface area contributed by atoms with Crippen molar-refractivity contribution in [3.05, 3.63) is 119 Å². The first kappa shape index (κ1) is 31.4. The van der Waals surface area contributed by atoms with Crippen LogP contribution in [0.15, 0.2) is 97.1 Å². The lowest BCUT2D eigenvalue weighted by molar-refractivity contribution is -0.138. The number of aliphatic carboxylic acids is 1. The monoisotopic (exact) mass is 584 g/mol. The van der Waals surface area contributed by atoms with Gasteiger partial charge in [-0.05, 0) is 65.3 Å². The first-order valence-corrected chi connectivity index (χ1v) is 14.4. The highest BCUT2D eigenvalue weighted by atomic mass is 16.5. The maximum atomic E-state index is 12.0. The van der Waals surface area contributed by atoms with Crippen molar-refractivity contribution in [3.63, 3.8) is 0 Å². The van der Waals surface area contributed by atoms with E-state index < -0.39 is 5.97 Å². The van der Waals surface area contributed by atoms with Crippen molar-refractivity contribution in [2.24, 2.45) is 5.92 Å². The fourth-order valence-electron chi connectivity index (χ4n) is 5.22. The average molecular weight is 585 g/mol. The van der Waals surface area contributed by atoms with Crippen LogP contribution in [0.4, 0.5) is 0 Å². The Morgan fingerprint density at radius 2 is 1.28 bits per heavy atom. The van der Waals surface area contributed by atoms with E-state index in [1.54, 1.807) is 21.3 Å². The maximum Gasteiger partial charge on any atom is 0.303 e. The molecule has 0 heterocycles. The molecule has 4 aromatic carbocycles. The van der Waals surface area contributed by atoms with Crippen LogP contribution in [0.3, 0.4) is 0 Å². The van der Waals surface area contributed by atoms with Crippen molar-refractivity contribution in [2.75, 3.05) is 27.9 Å². The number of methoxy groups -OCH3 is 3. The fourth-order valence-corrected chi connectivity index (χ4v) is 5.22. The summed E-state index contributed by atoms with van der Waals surface area (Å²) in [5, 5.41) is 9.83. The van der Waals surface area contributed by atoms with E-state index in [9.17, 15) is 9.90 Å². The molecule has 0 fully saturated rings. The molecule has 0 saturated heterocycles. The summed E-state index contributed by atoms with van der Waals surface area (Å²) in [5.74, 6) is 1.46. The second kappa shape index (κ2) is 16.2. The Morgan fingerprint density at radius 3 is 1.91 bits per heavy atom. The molecule has 0 amide bonds. The van der Waals surface area contributed by atoms with Crippen molar-refractivity contribution < 1.29 is 33.6 Å². The van der Waals surface area contributed by atoms with Crippen LogP contribution in [0, 0.1) is 5.92 Å². The predicted molar refractivity (Wildman–Crippen MR) is 166 cm³/mol. The molecule has 7 nitrogen and oxygen atoms in total. The van der Waals surface area contributed by atoms with Gasteiger partial charge in [-0.15, -0.1) is 0 Å². The van der Waals surface area contributed by atoms with Gasteiger partial charge in [0.1, 0.15) is 6.61 Å². The van der Waals surface area contributed by atoms with Crippen molar-refractivity contribution in [3.8, 4) is 23.0 Å². The zero-order chi connectivity index (χ0) is 30.4. The van der Waals surface area contributed by atoms with Gasteiger partial charge in [0.25, 0.3) is 0 Å². The van der Waals surface area contributed by atoms with Crippen LogP contribution in [-0.4, -0.2) is 39.0 Å². The van der Waals surface area contributed by atoms with E-state index in [1.165, 1.54) is 0 Å². The first-order valence-electron chi connectivity index (χ1n) is 14.4. The average Bonchev–Trinajstić information content (AvgIpc) is 3.03. The lowest BCUT2D eigenvalue weighted by Gasteiger charge is -2.24. The zero-order valence-corrected chi connectivity index (χ0v) is 25.0. The van der Waals surface area contributed by atoms with Gasteiger partial charge in [-0.2, -0.15) is 0 Å². The summed E-state index contributed by atoms with van der Waals surface area (Å²) in [6, 6.07) is 31.6. The lowest BCUT2D eigenvalue weighted by atomic mass is 9.84. The van der Waals surface area contributed by atoms with Gasteiger partial charge in [0.15, 0.2) is 23.0 Å². The van der Waals surface area contributed by atoms with Gasteiger partial charge < -0.3 is 28.8 Å². The molecule has 0 radical (unpaired) electrons. The number of carbonyl (C=O) groups is 1. The predicted octanol–water partition coefficient (Wildman–Crippen LogP) is 7.32. The van der Waals surface area contributed by atoms with E-state index in [0.29, 0.717) is 55.7 Å². The minimum Gasteiger partial charge on any atom is -0.493 e. The van der Waals surface area contributed by atoms with Crippen LogP contribution in [-0.2, 0) is 29.2 Å². The van der Waals surface area contributed by atoms with Gasteiger partial charge in [-0.3, -0.25) is 4.79 Å². The molecule has 0 saturated carbocycles. The number of ether oxygens (including phenoxy) is 5. The van der Waals surface area contributed by atoms with Crippen LogP contribution >= 0.6 is 0 Å². The summed E-state index contributed by atoms with van der Waals surface area (Å²) in [5.41, 5.74) is 4.12. The SMILES string of the molecule is COc1ccc(C(COCc2ccccc2)C[C@H](CC(=O)O)Cc2ccc(OCc3ccccc3)c(OC)c2)cc1OC. The third-order valence-corrected chi connectivity index (χ3v) is 7.38. The third kappa shape index (κ3) is 9.51. The summed E-state index contributed by atoms with van der Waals surface area (Å²) in [6.07, 6.45) is 1.19. The van der Waals surface area contributed by atoms with E-state index >= 15 is 0 Å². The second-order valence-corrected chi connectivity index (χ2v) is 10.5. The van der Waals surface area contributed by atoms with Gasteiger partial charge in [-0.1, -0.05) is 72.8 Å². The van der Waals surface area contributed by atoms with Crippen LogP contribution in [0.5, 0.6) is 23.0 Å². The quantitative estimate of drug-likeness (QED) is 0.139. The highest BCUT2D eigenvalue weighted by molar-refractivity contribution is 5.67. The van der Waals surface area contributed by atoms with E-state index in [0.717, 1.165) is 22.3 Å². The number of benzene rings is 4. The van der Waals surface area contributed by atoms with E-state index in [1.807, 2.05) is 97.1 Å². The van der Waals surface area contributed by atoms with Gasteiger partial charge in [0.05, 0.1) is 34.5 Å². The Morgan fingerprint density at radius 1 is 0.674 bits per heavy atom. The van der Waals surface area contributed by atoms with Gasteiger partial charge in [-0.25, -0.2) is 0 Å². The molecule has 0 spiro atoms. The highest BCUT2D eigenvalue weighted by Crippen LogP contribution is 2.36. The molecule has 0 aromatic heterocycles. The molecule has 0 aliphatic heterocycles. The summed E-state index contributed by atoms with van der Waals surface area (Å²) >= 11 is 0. The molecule has 0 aliphatic carbocycles. The Bertz CT molecular complexity index is 1420. The highest BCUT2D eigenvalue weighted by Gasteiger charge is 2.23. The molecule has 2 atom stereocenters. The van der Waals surface area contributed by atoms with Crippen molar-refractivity contribution >= 4 is 5.97 Å². The Kier molecular flexibility index (Phi) is 11.9. The molecular formula is C36H40O7. The topological polar surface area (TPSA) is 83.5 Å². The summed E-state index contributed by atoms with van der Waals surface area (Å²) in [4.78, 5) is 12.0. The van der Waals surface area contributed by atoms with E-state index in [4.69, 9.17) is 23.7 Å². The number of carboxylic acid groups (broad SMARTS) is 1. The van der Waals surface area contributed by atoms with Gasteiger partial charge in [0.2, 0.25) is 0 Å². The van der Waals surface area contributed by atoms with Crippen molar-refractivity contribution in [1.82, 2.24) is 0 Å². The largest absolute Gasteiger partial charge is 0.493 e. The normalized spacial score (nSPS) is 12.3. The standard InChI is InChI=1S/C36H40O7/c1-39-32-17-15-30(22-35(32)41-3)31(25-42-23-26-10-6-4-7-11-26)19-29(21-36(37)38)18-28-14-16-33(34(20-28)40-2)43-24-27-12-8-5-9-13-27/h4-17,20,22,29,31H,18-19,21,23-25H2,1-3H3,(H,37,38)/t29-,31?/m1/s1. The first-order chi connectivity index (χ1) is 21.0. The third-order valence-electron chi connectivity index (χ3n) is 7.38. The molecule has 1 N–H and O–H groups in total. The molecule has 43 heavy (non-hydrogen) atoms. The van der Waals surface area contributed by atoms with Crippen LogP contribution in [0.25, 0.3) is 0 Å². The molecule has 7 heteroatoms. The molecule has 1 unspecified atom stereocenters. The molecule has 0 aliphatic rings. The Balaban J connectivity index is 1.53. The summed E-state index contributed by atoms with van der Waals surface area (Å²) in [6.45, 7) is 1.32. The molecule has 4 rings (SSSR count).